The molecule has 0 saturated carbocycles. The molecule has 0 aliphatic heterocycles. The highest BCUT2D eigenvalue weighted by atomic mass is 35.5. The van der Waals surface area contributed by atoms with Crippen molar-refractivity contribution in [1.82, 2.24) is 4.98 Å². The zero-order valence-corrected chi connectivity index (χ0v) is 12.7. The van der Waals surface area contributed by atoms with Gasteiger partial charge in [0, 0.05) is 11.4 Å². The molecule has 108 valence electrons. The lowest BCUT2D eigenvalue weighted by Gasteiger charge is -2.02. The summed E-state index contributed by atoms with van der Waals surface area (Å²) in [7, 11) is 0. The molecule has 0 unspecified atom stereocenters. The van der Waals surface area contributed by atoms with Gasteiger partial charge in [-0.05, 0) is 17.7 Å². The fraction of sp³-hybridized carbons (Fsp3) is 0.200. The van der Waals surface area contributed by atoms with Gasteiger partial charge in [0.25, 0.3) is 0 Å². The Bertz CT molecular complexity index is 688. The average molecular weight is 321 g/mol. The number of carbonyl (C=O) groups is 1. The molecule has 0 atom stereocenters. The van der Waals surface area contributed by atoms with Gasteiger partial charge in [0.2, 0.25) is 5.91 Å². The van der Waals surface area contributed by atoms with E-state index in [2.05, 4.69) is 22.1 Å². The quantitative estimate of drug-likeness (QED) is 0.851. The van der Waals surface area contributed by atoms with Crippen LogP contribution in [-0.2, 0) is 11.2 Å². The van der Waals surface area contributed by atoms with Gasteiger partial charge in [-0.3, -0.25) is 4.79 Å². The van der Waals surface area contributed by atoms with Crippen LogP contribution in [0, 0.1) is 11.8 Å². The second-order valence-corrected chi connectivity index (χ2v) is 5.63. The van der Waals surface area contributed by atoms with E-state index in [1.54, 1.807) is 18.3 Å². The Morgan fingerprint density at radius 2 is 2.33 bits per heavy atom. The van der Waals surface area contributed by atoms with E-state index >= 15 is 0 Å². The van der Waals surface area contributed by atoms with E-state index in [1.807, 2.05) is 12.1 Å². The number of aliphatic hydroxyl groups excluding tert-OH is 1. The third-order valence-electron chi connectivity index (χ3n) is 2.45. The van der Waals surface area contributed by atoms with Crippen LogP contribution in [0.15, 0.2) is 30.5 Å². The molecule has 6 heteroatoms. The monoisotopic (exact) mass is 320 g/mol. The van der Waals surface area contributed by atoms with Gasteiger partial charge in [0.15, 0.2) is 5.13 Å². The lowest BCUT2D eigenvalue weighted by atomic mass is 10.1. The Hall–Kier alpha value is -1.87. The molecular formula is C15H13ClN2O2S. The Morgan fingerprint density at radius 1 is 1.48 bits per heavy atom. The highest BCUT2D eigenvalue weighted by Crippen LogP contribution is 2.18. The van der Waals surface area contributed by atoms with Crippen LogP contribution < -0.4 is 5.32 Å². The summed E-state index contributed by atoms with van der Waals surface area (Å²) in [6.07, 6.45) is 2.27. The number of aromatic nitrogens is 1. The average Bonchev–Trinajstić information content (AvgIpc) is 2.86. The molecule has 1 heterocycles. The number of hydrogen-bond donors (Lipinski definition) is 2. The fourth-order valence-corrected chi connectivity index (χ4v) is 2.51. The maximum absolute atomic E-state index is 11.9. The summed E-state index contributed by atoms with van der Waals surface area (Å²) in [6.45, 7) is 0.0367. The number of hydrogen-bond acceptors (Lipinski definition) is 4. The van der Waals surface area contributed by atoms with Crippen molar-refractivity contribution in [2.75, 3.05) is 11.9 Å². The smallest absolute Gasteiger partial charge is 0.230 e. The molecular weight excluding hydrogens is 308 g/mol. The van der Waals surface area contributed by atoms with E-state index in [-0.39, 0.29) is 18.9 Å². The zero-order chi connectivity index (χ0) is 15.1. The van der Waals surface area contributed by atoms with Crippen molar-refractivity contribution in [3.05, 3.63) is 45.9 Å². The lowest BCUT2D eigenvalue weighted by molar-refractivity contribution is -0.115. The molecule has 0 aliphatic carbocycles. The van der Waals surface area contributed by atoms with Crippen molar-refractivity contribution in [3.8, 4) is 11.8 Å². The van der Waals surface area contributed by atoms with Crippen LogP contribution in [0.3, 0.4) is 0 Å². The van der Waals surface area contributed by atoms with E-state index in [0.717, 1.165) is 10.4 Å². The minimum Gasteiger partial charge on any atom is -0.395 e. The van der Waals surface area contributed by atoms with Crippen LogP contribution in [0.1, 0.15) is 16.9 Å². The molecule has 1 amide bonds. The molecule has 1 aromatic heterocycles. The Morgan fingerprint density at radius 3 is 3.10 bits per heavy atom. The summed E-state index contributed by atoms with van der Waals surface area (Å²) >= 11 is 7.18. The molecule has 0 aliphatic rings. The van der Waals surface area contributed by atoms with Gasteiger partial charge in [0.1, 0.15) is 0 Å². The number of carbonyl (C=O) groups excluding carboxylic acids is 1. The van der Waals surface area contributed by atoms with Gasteiger partial charge in [-0.2, -0.15) is 0 Å². The summed E-state index contributed by atoms with van der Waals surface area (Å²) in [5.74, 6) is 5.53. The van der Waals surface area contributed by atoms with Crippen LogP contribution >= 0.6 is 22.9 Å². The summed E-state index contributed by atoms with van der Waals surface area (Å²) < 4.78 is 0. The van der Waals surface area contributed by atoms with Crippen LogP contribution in [0.5, 0.6) is 0 Å². The van der Waals surface area contributed by atoms with Crippen molar-refractivity contribution in [3.63, 3.8) is 0 Å². The molecule has 2 aromatic rings. The van der Waals surface area contributed by atoms with E-state index in [1.165, 1.54) is 11.3 Å². The molecule has 21 heavy (non-hydrogen) atoms. The van der Waals surface area contributed by atoms with Gasteiger partial charge in [-0.25, -0.2) is 4.98 Å². The molecule has 0 fully saturated rings. The highest BCUT2D eigenvalue weighted by Gasteiger charge is 2.07. The summed E-state index contributed by atoms with van der Waals surface area (Å²) in [6, 6.07) is 7.18. The minimum atomic E-state index is -0.151. The van der Waals surface area contributed by atoms with E-state index in [4.69, 9.17) is 16.7 Å². The number of aliphatic hydroxyl groups is 1. The first-order valence-corrected chi connectivity index (χ1v) is 7.46. The van der Waals surface area contributed by atoms with Gasteiger partial charge in [-0.1, -0.05) is 46.9 Å². The number of nitrogens with zero attached hydrogens (tertiary/aromatic N) is 1. The SMILES string of the molecule is O=C(Cc1cccc(Cl)c1)Nc1ncc(C#CCCO)s1. The van der Waals surface area contributed by atoms with Crippen molar-refractivity contribution in [2.24, 2.45) is 0 Å². The highest BCUT2D eigenvalue weighted by molar-refractivity contribution is 7.16. The number of thiazole rings is 1. The second kappa shape index (κ2) is 7.79. The maximum atomic E-state index is 11.9. The zero-order valence-electron chi connectivity index (χ0n) is 11.1. The Labute approximate surface area is 131 Å². The molecule has 4 nitrogen and oxygen atoms in total. The van der Waals surface area contributed by atoms with Gasteiger partial charge in [-0.15, -0.1) is 0 Å². The van der Waals surface area contributed by atoms with E-state index < -0.39 is 0 Å². The number of halogens is 1. The molecule has 2 N–H and O–H groups in total. The van der Waals surface area contributed by atoms with E-state index in [0.29, 0.717) is 16.6 Å². The molecule has 2 rings (SSSR count). The topological polar surface area (TPSA) is 62.2 Å². The van der Waals surface area contributed by atoms with Crippen molar-refractivity contribution < 1.29 is 9.90 Å². The van der Waals surface area contributed by atoms with Gasteiger partial charge < -0.3 is 10.4 Å². The van der Waals surface area contributed by atoms with E-state index in [9.17, 15) is 4.79 Å². The standard InChI is InChI=1S/C15H13ClN2O2S/c16-12-5-3-4-11(8-12)9-14(20)18-15-17-10-13(21-15)6-1-2-7-19/h3-5,8,10,19H,2,7,9H2,(H,17,18,20). The lowest BCUT2D eigenvalue weighted by Crippen LogP contribution is -2.14. The third kappa shape index (κ3) is 5.20. The number of nitrogens with one attached hydrogen (secondary N) is 1. The van der Waals surface area contributed by atoms with Crippen LogP contribution in [0.25, 0.3) is 0 Å². The Balaban J connectivity index is 1.93. The first-order valence-electron chi connectivity index (χ1n) is 6.27. The Kier molecular flexibility index (Phi) is 5.76. The second-order valence-electron chi connectivity index (χ2n) is 4.16. The molecule has 1 aromatic carbocycles. The predicted octanol–water partition coefficient (Wildman–Crippen LogP) is 2.71. The van der Waals surface area contributed by atoms with Gasteiger partial charge in [0.05, 0.1) is 24.1 Å². The van der Waals surface area contributed by atoms with Crippen molar-refractivity contribution in [1.29, 1.82) is 0 Å². The maximum Gasteiger partial charge on any atom is 0.230 e. The minimum absolute atomic E-state index is 0.0367. The molecule has 0 spiro atoms. The largest absolute Gasteiger partial charge is 0.395 e. The number of benzene rings is 1. The van der Waals surface area contributed by atoms with Gasteiger partial charge >= 0.3 is 0 Å². The number of rotatable bonds is 4. The molecule has 0 saturated heterocycles. The fourth-order valence-electron chi connectivity index (χ4n) is 1.59. The summed E-state index contributed by atoms with van der Waals surface area (Å²) in [5.41, 5.74) is 0.847. The van der Waals surface area contributed by atoms with Crippen molar-refractivity contribution >= 4 is 34.0 Å². The third-order valence-corrected chi connectivity index (χ3v) is 3.52. The summed E-state index contributed by atoms with van der Waals surface area (Å²) in [4.78, 5) is 16.7. The number of anilines is 1. The predicted molar refractivity (Wildman–Crippen MR) is 84.5 cm³/mol. The molecule has 0 radical (unpaired) electrons. The van der Waals surface area contributed by atoms with Crippen LogP contribution in [0.2, 0.25) is 5.02 Å². The van der Waals surface area contributed by atoms with Crippen LogP contribution in [-0.4, -0.2) is 22.6 Å². The summed E-state index contributed by atoms with van der Waals surface area (Å²) in [5, 5.41) is 12.5. The number of amides is 1. The first-order chi connectivity index (χ1) is 10.2. The molecule has 0 bridgehead atoms. The van der Waals surface area contributed by atoms with Crippen LogP contribution in [0.4, 0.5) is 5.13 Å². The first kappa shape index (κ1) is 15.5. The van der Waals surface area contributed by atoms with Crippen molar-refractivity contribution in [2.45, 2.75) is 12.8 Å². The normalized spacial score (nSPS) is 9.81.